The van der Waals surface area contributed by atoms with Crippen molar-refractivity contribution in [3.8, 4) is 5.75 Å². The number of ether oxygens (including phenoxy) is 1. The summed E-state index contributed by atoms with van der Waals surface area (Å²) < 4.78 is 5.16. The minimum Gasteiger partial charge on any atom is -0.497 e. The molecule has 6 heteroatoms. The number of methoxy groups -OCH3 is 1. The van der Waals surface area contributed by atoms with Crippen LogP contribution in [0.15, 0.2) is 48.5 Å². The first-order chi connectivity index (χ1) is 12.0. The topological polar surface area (TPSA) is 70.7 Å². The zero-order valence-corrected chi connectivity index (χ0v) is 14.7. The van der Waals surface area contributed by atoms with Gasteiger partial charge in [-0.15, -0.1) is 0 Å². The summed E-state index contributed by atoms with van der Waals surface area (Å²) >= 11 is 0. The lowest BCUT2D eigenvalue weighted by Gasteiger charge is -2.15. The Balaban J connectivity index is 1.90. The van der Waals surface area contributed by atoms with E-state index in [0.29, 0.717) is 18.8 Å². The van der Waals surface area contributed by atoms with Gasteiger partial charge in [-0.05, 0) is 35.4 Å². The fourth-order valence-corrected chi connectivity index (χ4v) is 2.27. The number of nitrogens with one attached hydrogen (secondary N) is 2. The van der Waals surface area contributed by atoms with E-state index in [-0.39, 0.29) is 11.9 Å². The van der Waals surface area contributed by atoms with Crippen LogP contribution in [0.5, 0.6) is 5.75 Å². The van der Waals surface area contributed by atoms with E-state index in [4.69, 9.17) is 4.74 Å². The number of amides is 3. The molecule has 0 unspecified atom stereocenters. The molecule has 0 saturated heterocycles. The summed E-state index contributed by atoms with van der Waals surface area (Å²) in [6, 6.07) is 14.7. The monoisotopic (exact) mass is 341 g/mol. The highest BCUT2D eigenvalue weighted by atomic mass is 16.5. The van der Waals surface area contributed by atoms with Gasteiger partial charge in [0.15, 0.2) is 0 Å². The largest absolute Gasteiger partial charge is 0.497 e. The first-order valence-electron chi connectivity index (χ1n) is 7.96. The molecular weight excluding hydrogens is 318 g/mol. The molecule has 2 aromatic carbocycles. The van der Waals surface area contributed by atoms with Crippen molar-refractivity contribution in [3.05, 3.63) is 59.7 Å². The molecule has 2 aromatic rings. The average Bonchev–Trinajstić information content (AvgIpc) is 2.60. The highest BCUT2D eigenvalue weighted by Crippen LogP contribution is 2.14. The maximum Gasteiger partial charge on any atom is 0.319 e. The molecule has 2 rings (SSSR count). The number of benzene rings is 2. The first kappa shape index (κ1) is 18.3. The third-order valence-corrected chi connectivity index (χ3v) is 3.73. The summed E-state index contributed by atoms with van der Waals surface area (Å²) in [5.74, 6) is 0.747. The van der Waals surface area contributed by atoms with Crippen LogP contribution < -0.4 is 15.4 Å². The zero-order valence-electron chi connectivity index (χ0n) is 14.7. The minimum absolute atomic E-state index is 0.00519. The predicted octanol–water partition coefficient (Wildman–Crippen LogP) is 3.00. The molecular formula is C19H23N3O3. The van der Waals surface area contributed by atoms with Gasteiger partial charge in [0, 0.05) is 32.7 Å². The lowest BCUT2D eigenvalue weighted by Crippen LogP contribution is -2.28. The van der Waals surface area contributed by atoms with Crippen LogP contribution in [-0.2, 0) is 17.9 Å². The van der Waals surface area contributed by atoms with Crippen LogP contribution in [0, 0.1) is 0 Å². The second-order valence-electron chi connectivity index (χ2n) is 5.73. The minimum atomic E-state index is -0.292. The molecule has 25 heavy (non-hydrogen) atoms. The highest BCUT2D eigenvalue weighted by Gasteiger charge is 2.06. The van der Waals surface area contributed by atoms with Crippen LogP contribution in [0.2, 0.25) is 0 Å². The highest BCUT2D eigenvalue weighted by molar-refractivity contribution is 5.89. The SMILES string of the molecule is COc1cccc(CNC(=O)Nc2cccc(CN(C)C(C)=O)c2)c1. The van der Waals surface area contributed by atoms with Crippen molar-refractivity contribution in [2.75, 3.05) is 19.5 Å². The number of nitrogens with zero attached hydrogens (tertiary/aromatic N) is 1. The third-order valence-electron chi connectivity index (χ3n) is 3.73. The Morgan fingerprint density at radius 3 is 2.52 bits per heavy atom. The Hall–Kier alpha value is -3.02. The van der Waals surface area contributed by atoms with Crippen molar-refractivity contribution in [1.29, 1.82) is 0 Å². The van der Waals surface area contributed by atoms with Crippen molar-refractivity contribution in [2.45, 2.75) is 20.0 Å². The van der Waals surface area contributed by atoms with Crippen LogP contribution >= 0.6 is 0 Å². The molecule has 6 nitrogen and oxygen atoms in total. The fourth-order valence-electron chi connectivity index (χ4n) is 2.27. The van der Waals surface area contributed by atoms with Gasteiger partial charge in [0.25, 0.3) is 0 Å². The molecule has 0 bridgehead atoms. The van der Waals surface area contributed by atoms with Gasteiger partial charge in [-0.1, -0.05) is 24.3 Å². The smallest absolute Gasteiger partial charge is 0.319 e. The summed E-state index contributed by atoms with van der Waals surface area (Å²) in [4.78, 5) is 25.0. The Bertz CT molecular complexity index is 746. The molecule has 0 aliphatic carbocycles. The van der Waals surface area contributed by atoms with Crippen LogP contribution in [0.1, 0.15) is 18.1 Å². The summed E-state index contributed by atoms with van der Waals surface area (Å²) in [5.41, 5.74) is 2.58. The van der Waals surface area contributed by atoms with Gasteiger partial charge in [0.05, 0.1) is 7.11 Å². The van der Waals surface area contributed by atoms with Gasteiger partial charge in [-0.25, -0.2) is 4.79 Å². The summed E-state index contributed by atoms with van der Waals surface area (Å²) in [5, 5.41) is 5.61. The molecule has 0 aliphatic rings. The first-order valence-corrected chi connectivity index (χ1v) is 7.96. The van der Waals surface area contributed by atoms with Crippen LogP contribution in [0.3, 0.4) is 0 Å². The number of carbonyl (C=O) groups excluding carboxylic acids is 2. The second-order valence-corrected chi connectivity index (χ2v) is 5.73. The Morgan fingerprint density at radius 2 is 1.80 bits per heavy atom. The maximum atomic E-state index is 12.1. The van der Waals surface area contributed by atoms with Crippen molar-refractivity contribution in [2.24, 2.45) is 0 Å². The van der Waals surface area contributed by atoms with E-state index in [1.165, 1.54) is 6.92 Å². The average molecular weight is 341 g/mol. The van der Waals surface area contributed by atoms with Gasteiger partial charge in [-0.3, -0.25) is 4.79 Å². The predicted molar refractivity (Wildman–Crippen MR) is 97.4 cm³/mol. The molecule has 0 heterocycles. The van der Waals surface area contributed by atoms with Gasteiger partial charge in [0.2, 0.25) is 5.91 Å². The van der Waals surface area contributed by atoms with Crippen molar-refractivity contribution in [1.82, 2.24) is 10.2 Å². The summed E-state index contributed by atoms with van der Waals surface area (Å²) in [6.45, 7) is 2.42. The number of hydrogen-bond donors (Lipinski definition) is 2. The van der Waals surface area contributed by atoms with Crippen LogP contribution in [-0.4, -0.2) is 31.0 Å². The zero-order chi connectivity index (χ0) is 18.2. The maximum absolute atomic E-state index is 12.1. The van der Waals surface area contributed by atoms with E-state index in [1.807, 2.05) is 48.5 Å². The fraction of sp³-hybridized carbons (Fsp3) is 0.263. The van der Waals surface area contributed by atoms with Gasteiger partial charge in [0.1, 0.15) is 5.75 Å². The number of carbonyl (C=O) groups is 2. The van der Waals surface area contributed by atoms with Crippen LogP contribution in [0.4, 0.5) is 10.5 Å². The number of urea groups is 1. The molecule has 0 spiro atoms. The Morgan fingerprint density at radius 1 is 1.08 bits per heavy atom. The quantitative estimate of drug-likeness (QED) is 0.848. The second kappa shape index (κ2) is 8.73. The van der Waals surface area contributed by atoms with Gasteiger partial charge in [-0.2, -0.15) is 0 Å². The van der Waals surface area contributed by atoms with E-state index >= 15 is 0 Å². The molecule has 2 N–H and O–H groups in total. The normalized spacial score (nSPS) is 10.0. The lowest BCUT2D eigenvalue weighted by molar-refractivity contribution is -0.128. The Kier molecular flexibility index (Phi) is 6.39. The molecule has 0 fully saturated rings. The van der Waals surface area contributed by atoms with Crippen LogP contribution in [0.25, 0.3) is 0 Å². The molecule has 3 amide bonds. The molecule has 132 valence electrons. The van der Waals surface area contributed by atoms with Gasteiger partial charge >= 0.3 is 6.03 Å². The number of anilines is 1. The summed E-state index contributed by atoms with van der Waals surface area (Å²) in [7, 11) is 3.35. The molecule has 0 atom stereocenters. The number of rotatable bonds is 6. The van der Waals surface area contributed by atoms with Crippen molar-refractivity contribution in [3.63, 3.8) is 0 Å². The number of hydrogen-bond acceptors (Lipinski definition) is 3. The van der Waals surface area contributed by atoms with E-state index in [9.17, 15) is 9.59 Å². The molecule has 0 radical (unpaired) electrons. The van der Waals surface area contributed by atoms with Crippen molar-refractivity contribution < 1.29 is 14.3 Å². The van der Waals surface area contributed by atoms with E-state index in [2.05, 4.69) is 10.6 Å². The van der Waals surface area contributed by atoms with E-state index in [0.717, 1.165) is 16.9 Å². The molecule has 0 aromatic heterocycles. The third kappa shape index (κ3) is 5.84. The van der Waals surface area contributed by atoms with E-state index in [1.54, 1.807) is 19.1 Å². The Labute approximate surface area is 147 Å². The standard InChI is InChI=1S/C19H23N3O3/c1-14(23)22(2)13-16-7-4-8-17(10-16)21-19(24)20-12-15-6-5-9-18(11-15)25-3/h4-11H,12-13H2,1-3H3,(H2,20,21,24). The van der Waals surface area contributed by atoms with E-state index < -0.39 is 0 Å². The molecule has 0 aliphatic heterocycles. The lowest BCUT2D eigenvalue weighted by atomic mass is 10.2. The molecule has 0 saturated carbocycles. The van der Waals surface area contributed by atoms with Crippen molar-refractivity contribution >= 4 is 17.6 Å². The summed E-state index contributed by atoms with van der Waals surface area (Å²) in [6.07, 6.45) is 0. The van der Waals surface area contributed by atoms with Gasteiger partial charge < -0.3 is 20.3 Å².